The Morgan fingerprint density at radius 2 is 1.68 bits per heavy atom. The van der Waals surface area contributed by atoms with Gasteiger partial charge in [-0.3, -0.25) is 14.5 Å². The highest BCUT2D eigenvalue weighted by Crippen LogP contribution is 2.16. The van der Waals surface area contributed by atoms with E-state index in [1.165, 1.54) is 0 Å². The molecule has 0 saturated carbocycles. The third kappa shape index (κ3) is 8.55. The number of nitrogens with one attached hydrogen (secondary N) is 4. The van der Waals surface area contributed by atoms with E-state index >= 15 is 0 Å². The molecule has 4 amide bonds. The fourth-order valence-electron chi connectivity index (χ4n) is 4.71. The van der Waals surface area contributed by atoms with Crippen LogP contribution in [0.5, 0.6) is 5.75 Å². The molecule has 0 bridgehead atoms. The smallest absolute Gasteiger partial charge is 0.319 e. The molecule has 1 aliphatic rings. The maximum Gasteiger partial charge on any atom is 0.319 e. The highest BCUT2D eigenvalue weighted by atomic mass is 16.3. The number of anilines is 1. The number of carbonyl (C=O) groups is 3. The largest absolute Gasteiger partial charge is 0.508 e. The molecule has 2 atom stereocenters. The molecule has 5 N–H and O–H groups in total. The van der Waals surface area contributed by atoms with Crippen molar-refractivity contribution >= 4 is 23.5 Å². The van der Waals surface area contributed by atoms with E-state index in [9.17, 15) is 19.5 Å². The van der Waals surface area contributed by atoms with Gasteiger partial charge in [0, 0.05) is 49.9 Å². The van der Waals surface area contributed by atoms with Crippen molar-refractivity contribution in [1.29, 1.82) is 5.26 Å². The van der Waals surface area contributed by atoms with Crippen molar-refractivity contribution in [3.8, 4) is 11.8 Å². The highest BCUT2D eigenvalue weighted by molar-refractivity contribution is 5.96. The normalized spacial score (nSPS) is 15.4. The number of aromatic hydroxyl groups is 1. The van der Waals surface area contributed by atoms with E-state index in [0.717, 1.165) is 24.1 Å². The summed E-state index contributed by atoms with van der Waals surface area (Å²) in [7, 11) is 0. The first kappa shape index (κ1) is 29.1. The monoisotopic (exact) mass is 554 g/mol. The molecule has 1 fully saturated rings. The number of likely N-dealkylation sites (tertiary alicyclic amines) is 1. The summed E-state index contributed by atoms with van der Waals surface area (Å²) in [4.78, 5) is 40.5. The van der Waals surface area contributed by atoms with Crippen molar-refractivity contribution in [2.24, 2.45) is 0 Å². The van der Waals surface area contributed by atoms with Crippen LogP contribution >= 0.6 is 0 Å². The molecular weight excluding hydrogens is 520 g/mol. The summed E-state index contributed by atoms with van der Waals surface area (Å²) in [5, 5.41) is 29.9. The number of phenols is 1. The number of phenolic OH excluding ortho intramolecular Hbond substituents is 1. The van der Waals surface area contributed by atoms with Crippen molar-refractivity contribution in [3.63, 3.8) is 0 Å². The molecule has 1 heterocycles. The Morgan fingerprint density at radius 3 is 2.34 bits per heavy atom. The van der Waals surface area contributed by atoms with E-state index in [-0.39, 0.29) is 30.0 Å². The maximum absolute atomic E-state index is 13.4. The average Bonchev–Trinajstić information content (AvgIpc) is 3.41. The number of nitrogens with zero attached hydrogens (tertiary/aromatic N) is 2. The van der Waals surface area contributed by atoms with Gasteiger partial charge in [0.25, 0.3) is 5.91 Å². The van der Waals surface area contributed by atoms with Crippen LogP contribution in [0.15, 0.2) is 72.8 Å². The number of hydrogen-bond donors (Lipinski definition) is 5. The molecule has 0 spiro atoms. The van der Waals surface area contributed by atoms with Gasteiger partial charge in [-0.1, -0.05) is 24.3 Å². The molecule has 212 valence electrons. The number of rotatable bonds is 10. The zero-order valence-electron chi connectivity index (χ0n) is 22.9. The van der Waals surface area contributed by atoms with Crippen LogP contribution in [0.4, 0.5) is 10.5 Å². The third-order valence-corrected chi connectivity index (χ3v) is 6.85. The standard InChI is InChI=1S/C31H34N6O4/c1-2-33-29(39)24-9-11-25(12-10-24)35-31(41)36-28(17-21-7-13-27(38)14-8-21)30(40)34-26-15-16-37(20-26)19-23-5-3-22(18-32)4-6-23/h3-14,26,28,38H,2,15-17,19-20H2,1H3,(H,33,39)(H,34,40)(H2,35,36,41)/t26?,28-/m0/s1. The van der Waals surface area contributed by atoms with E-state index in [1.807, 2.05) is 19.1 Å². The first-order valence-corrected chi connectivity index (χ1v) is 13.6. The first-order chi connectivity index (χ1) is 19.8. The minimum absolute atomic E-state index is 0.0742. The van der Waals surface area contributed by atoms with Gasteiger partial charge in [-0.2, -0.15) is 5.26 Å². The molecule has 1 unspecified atom stereocenters. The van der Waals surface area contributed by atoms with Gasteiger partial charge in [-0.05, 0) is 73.0 Å². The summed E-state index contributed by atoms with van der Waals surface area (Å²) >= 11 is 0. The molecule has 0 aromatic heterocycles. The second kappa shape index (κ2) is 14.0. The van der Waals surface area contributed by atoms with Gasteiger partial charge in [0.1, 0.15) is 11.8 Å². The number of nitriles is 1. The second-order valence-corrected chi connectivity index (χ2v) is 10.00. The summed E-state index contributed by atoms with van der Waals surface area (Å²) in [6.07, 6.45) is 1.01. The fraction of sp³-hybridized carbons (Fsp3) is 0.290. The Morgan fingerprint density at radius 1 is 1.00 bits per heavy atom. The number of amides is 4. The zero-order chi connectivity index (χ0) is 29.2. The molecule has 10 heteroatoms. The summed E-state index contributed by atoms with van der Waals surface area (Å²) in [6, 6.07) is 21.1. The lowest BCUT2D eigenvalue weighted by molar-refractivity contribution is -0.123. The maximum atomic E-state index is 13.4. The van der Waals surface area contributed by atoms with Gasteiger partial charge in [0.2, 0.25) is 5.91 Å². The summed E-state index contributed by atoms with van der Waals surface area (Å²) in [5.74, 6) is -0.383. The summed E-state index contributed by atoms with van der Waals surface area (Å²) in [5.41, 5.74) is 3.45. The molecule has 0 radical (unpaired) electrons. The fourth-order valence-corrected chi connectivity index (χ4v) is 4.71. The molecule has 3 aromatic carbocycles. The lowest BCUT2D eigenvalue weighted by atomic mass is 10.0. The zero-order valence-corrected chi connectivity index (χ0v) is 22.9. The molecule has 4 rings (SSSR count). The van der Waals surface area contributed by atoms with E-state index in [0.29, 0.717) is 36.4 Å². The minimum atomic E-state index is -0.860. The number of carbonyl (C=O) groups excluding carboxylic acids is 3. The predicted molar refractivity (Wildman–Crippen MR) is 155 cm³/mol. The molecule has 1 saturated heterocycles. The van der Waals surface area contributed by atoms with Crippen LogP contribution in [0.3, 0.4) is 0 Å². The van der Waals surface area contributed by atoms with Crippen molar-refractivity contribution in [3.05, 3.63) is 95.1 Å². The Kier molecular flexibility index (Phi) is 9.91. The van der Waals surface area contributed by atoms with E-state index < -0.39 is 12.1 Å². The Hall–Kier alpha value is -4.88. The van der Waals surface area contributed by atoms with Gasteiger partial charge in [0.15, 0.2) is 0 Å². The van der Waals surface area contributed by atoms with Gasteiger partial charge in [-0.15, -0.1) is 0 Å². The number of hydrogen-bond acceptors (Lipinski definition) is 6. The molecular formula is C31H34N6O4. The Bertz CT molecular complexity index is 1380. The second-order valence-electron chi connectivity index (χ2n) is 10.00. The van der Waals surface area contributed by atoms with Crippen LogP contribution in [-0.4, -0.2) is 59.6 Å². The van der Waals surface area contributed by atoms with Crippen molar-refractivity contribution < 1.29 is 19.5 Å². The Labute approximate surface area is 239 Å². The quantitative estimate of drug-likeness (QED) is 0.260. The third-order valence-electron chi connectivity index (χ3n) is 6.85. The van der Waals surface area contributed by atoms with E-state index in [1.54, 1.807) is 60.7 Å². The lowest BCUT2D eigenvalue weighted by Crippen LogP contribution is -2.52. The van der Waals surface area contributed by atoms with Crippen molar-refractivity contribution in [1.82, 2.24) is 20.9 Å². The topological polar surface area (TPSA) is 147 Å². The van der Waals surface area contributed by atoms with Crippen molar-refractivity contribution in [2.75, 3.05) is 25.0 Å². The SMILES string of the molecule is CCNC(=O)c1ccc(NC(=O)N[C@@H](Cc2ccc(O)cc2)C(=O)NC2CCN(Cc3ccc(C#N)cc3)C2)cc1. The Balaban J connectivity index is 1.36. The van der Waals surface area contributed by atoms with Crippen LogP contribution in [-0.2, 0) is 17.8 Å². The molecule has 10 nitrogen and oxygen atoms in total. The average molecular weight is 555 g/mol. The van der Waals surface area contributed by atoms with Crippen LogP contribution < -0.4 is 21.3 Å². The van der Waals surface area contributed by atoms with Crippen LogP contribution in [0.2, 0.25) is 0 Å². The highest BCUT2D eigenvalue weighted by Gasteiger charge is 2.28. The lowest BCUT2D eigenvalue weighted by Gasteiger charge is -2.22. The van der Waals surface area contributed by atoms with Crippen LogP contribution in [0.1, 0.15) is 40.4 Å². The van der Waals surface area contributed by atoms with E-state index in [4.69, 9.17) is 5.26 Å². The predicted octanol–water partition coefficient (Wildman–Crippen LogP) is 3.14. The van der Waals surface area contributed by atoms with Gasteiger partial charge in [-0.25, -0.2) is 4.79 Å². The van der Waals surface area contributed by atoms with Gasteiger partial charge >= 0.3 is 6.03 Å². The molecule has 41 heavy (non-hydrogen) atoms. The van der Waals surface area contributed by atoms with E-state index in [2.05, 4.69) is 32.2 Å². The number of urea groups is 1. The molecule has 3 aromatic rings. The summed E-state index contributed by atoms with van der Waals surface area (Å²) < 4.78 is 0. The van der Waals surface area contributed by atoms with Crippen LogP contribution in [0, 0.1) is 11.3 Å². The first-order valence-electron chi connectivity index (χ1n) is 13.6. The number of benzene rings is 3. The molecule has 1 aliphatic heterocycles. The van der Waals surface area contributed by atoms with Gasteiger partial charge < -0.3 is 26.4 Å². The minimum Gasteiger partial charge on any atom is -0.508 e. The van der Waals surface area contributed by atoms with Crippen LogP contribution in [0.25, 0.3) is 0 Å². The summed E-state index contributed by atoms with van der Waals surface area (Å²) in [6.45, 7) is 4.55. The van der Waals surface area contributed by atoms with Crippen molar-refractivity contribution in [2.45, 2.75) is 38.4 Å². The molecule has 0 aliphatic carbocycles. The van der Waals surface area contributed by atoms with Gasteiger partial charge in [0.05, 0.1) is 11.6 Å².